The van der Waals surface area contributed by atoms with Gasteiger partial charge in [0.15, 0.2) is 17.4 Å². The molecular formula is C16H22F3IN6. The van der Waals surface area contributed by atoms with Crippen molar-refractivity contribution in [2.24, 2.45) is 10.9 Å². The third kappa shape index (κ3) is 4.57. The lowest BCUT2D eigenvalue weighted by Gasteiger charge is -2.32. The number of aliphatic imine (C=N–C) groups is 1. The molecule has 1 fully saturated rings. The summed E-state index contributed by atoms with van der Waals surface area (Å²) in [6.45, 7) is 4.31. The second kappa shape index (κ2) is 8.40. The first-order valence-corrected chi connectivity index (χ1v) is 8.25. The summed E-state index contributed by atoms with van der Waals surface area (Å²) in [7, 11) is 1.70. The lowest BCUT2D eigenvalue weighted by molar-refractivity contribution is -0.137. The first-order chi connectivity index (χ1) is 11.9. The number of guanidine groups is 1. The minimum atomic E-state index is -4.40. The monoisotopic (exact) mass is 482 g/mol. The number of hydrogen-bond donors (Lipinski definition) is 1. The molecule has 0 atom stereocenters. The number of halogens is 4. The zero-order valence-electron chi connectivity index (χ0n) is 14.6. The Kier molecular flexibility index (Phi) is 6.69. The van der Waals surface area contributed by atoms with Crippen LogP contribution in [0.4, 0.5) is 13.2 Å². The van der Waals surface area contributed by atoms with Crippen LogP contribution in [0.1, 0.15) is 31.2 Å². The summed E-state index contributed by atoms with van der Waals surface area (Å²) in [6.07, 6.45) is -1.17. The number of piperidine rings is 1. The molecule has 0 radical (unpaired) electrons. The van der Waals surface area contributed by atoms with Crippen molar-refractivity contribution in [1.82, 2.24) is 24.8 Å². The molecule has 144 valence electrons. The SMILES string of the molecule is CN=C(NCc1nnc2ccc(C(F)(F)F)cn12)N1CCC(C)CC1.I. The molecule has 0 unspecified atom stereocenters. The largest absolute Gasteiger partial charge is 0.417 e. The molecule has 0 saturated carbocycles. The first-order valence-electron chi connectivity index (χ1n) is 8.25. The molecule has 0 aliphatic carbocycles. The quantitative estimate of drug-likeness (QED) is 0.406. The minimum Gasteiger partial charge on any atom is -0.349 e. The number of rotatable bonds is 2. The molecule has 0 aromatic carbocycles. The summed E-state index contributed by atoms with van der Waals surface area (Å²) in [5, 5.41) is 11.1. The maximum absolute atomic E-state index is 12.9. The number of hydrogen-bond acceptors (Lipinski definition) is 3. The van der Waals surface area contributed by atoms with Crippen molar-refractivity contribution < 1.29 is 13.2 Å². The Balaban J connectivity index is 0.00000243. The molecule has 1 aliphatic rings. The summed E-state index contributed by atoms with van der Waals surface area (Å²) in [5.74, 6) is 1.85. The average molecular weight is 482 g/mol. The van der Waals surface area contributed by atoms with Crippen LogP contribution < -0.4 is 5.32 Å². The fraction of sp³-hybridized carbons (Fsp3) is 0.562. The van der Waals surface area contributed by atoms with Gasteiger partial charge in [-0.25, -0.2) is 0 Å². The van der Waals surface area contributed by atoms with Gasteiger partial charge in [0.1, 0.15) is 0 Å². The van der Waals surface area contributed by atoms with E-state index in [0.717, 1.165) is 44.2 Å². The van der Waals surface area contributed by atoms with Crippen LogP contribution in [0, 0.1) is 5.92 Å². The minimum absolute atomic E-state index is 0. The van der Waals surface area contributed by atoms with E-state index in [1.165, 1.54) is 10.5 Å². The fourth-order valence-electron chi connectivity index (χ4n) is 2.94. The Hall–Kier alpha value is -1.59. The lowest BCUT2D eigenvalue weighted by Crippen LogP contribution is -2.45. The predicted molar refractivity (Wildman–Crippen MR) is 104 cm³/mol. The molecule has 0 bridgehead atoms. The molecule has 3 rings (SSSR count). The van der Waals surface area contributed by atoms with E-state index in [4.69, 9.17) is 0 Å². The first kappa shape index (κ1) is 20.7. The van der Waals surface area contributed by atoms with E-state index in [1.54, 1.807) is 7.05 Å². The number of pyridine rings is 1. The van der Waals surface area contributed by atoms with Crippen LogP contribution in [0.5, 0.6) is 0 Å². The topological polar surface area (TPSA) is 57.8 Å². The van der Waals surface area contributed by atoms with Gasteiger partial charge in [0, 0.05) is 26.3 Å². The molecule has 6 nitrogen and oxygen atoms in total. The van der Waals surface area contributed by atoms with Gasteiger partial charge in [0.05, 0.1) is 12.1 Å². The zero-order chi connectivity index (χ0) is 18.0. The van der Waals surface area contributed by atoms with Crippen molar-refractivity contribution in [2.75, 3.05) is 20.1 Å². The number of nitrogens with zero attached hydrogens (tertiary/aromatic N) is 5. The highest BCUT2D eigenvalue weighted by Crippen LogP contribution is 2.29. The molecule has 1 aliphatic heterocycles. The molecule has 2 aromatic rings. The molecular weight excluding hydrogens is 460 g/mol. The van der Waals surface area contributed by atoms with Gasteiger partial charge in [-0.3, -0.25) is 9.39 Å². The van der Waals surface area contributed by atoms with E-state index < -0.39 is 11.7 Å². The highest BCUT2D eigenvalue weighted by atomic mass is 127. The Bertz CT molecular complexity index is 765. The van der Waals surface area contributed by atoms with Gasteiger partial charge in [0.2, 0.25) is 0 Å². The molecule has 1 N–H and O–H groups in total. The van der Waals surface area contributed by atoms with E-state index in [9.17, 15) is 13.2 Å². The van der Waals surface area contributed by atoms with Crippen LogP contribution in [-0.4, -0.2) is 45.6 Å². The van der Waals surface area contributed by atoms with Crippen molar-refractivity contribution in [1.29, 1.82) is 0 Å². The number of fused-ring (bicyclic) bond motifs is 1. The number of aromatic nitrogens is 3. The van der Waals surface area contributed by atoms with Crippen molar-refractivity contribution >= 4 is 35.6 Å². The van der Waals surface area contributed by atoms with Gasteiger partial charge in [-0.1, -0.05) is 6.92 Å². The maximum Gasteiger partial charge on any atom is 0.417 e. The Morgan fingerprint density at radius 2 is 1.96 bits per heavy atom. The summed E-state index contributed by atoms with van der Waals surface area (Å²) >= 11 is 0. The lowest BCUT2D eigenvalue weighted by atomic mass is 10.00. The van der Waals surface area contributed by atoms with Gasteiger partial charge in [0.25, 0.3) is 0 Å². The predicted octanol–water partition coefficient (Wildman–Crippen LogP) is 3.17. The average Bonchev–Trinajstić information content (AvgIpc) is 2.98. The van der Waals surface area contributed by atoms with Crippen LogP contribution >= 0.6 is 24.0 Å². The van der Waals surface area contributed by atoms with Gasteiger partial charge in [-0.15, -0.1) is 34.2 Å². The second-order valence-electron chi connectivity index (χ2n) is 6.33. The number of likely N-dealkylation sites (tertiary alicyclic amines) is 1. The third-order valence-electron chi connectivity index (χ3n) is 4.50. The number of nitrogens with one attached hydrogen (secondary N) is 1. The second-order valence-corrected chi connectivity index (χ2v) is 6.33. The van der Waals surface area contributed by atoms with Crippen LogP contribution in [-0.2, 0) is 12.7 Å². The summed E-state index contributed by atoms with van der Waals surface area (Å²) in [6, 6.07) is 2.33. The Labute approximate surface area is 166 Å². The molecule has 3 heterocycles. The van der Waals surface area contributed by atoms with Gasteiger partial charge in [-0.2, -0.15) is 13.2 Å². The zero-order valence-corrected chi connectivity index (χ0v) is 17.0. The normalized spacial score (nSPS) is 16.7. The van der Waals surface area contributed by atoms with E-state index in [0.29, 0.717) is 17.4 Å². The Morgan fingerprint density at radius 1 is 1.27 bits per heavy atom. The Morgan fingerprint density at radius 3 is 2.58 bits per heavy atom. The van der Waals surface area contributed by atoms with Crippen molar-refractivity contribution in [2.45, 2.75) is 32.5 Å². The maximum atomic E-state index is 12.9. The van der Waals surface area contributed by atoms with Gasteiger partial charge >= 0.3 is 6.18 Å². The van der Waals surface area contributed by atoms with E-state index in [1.807, 2.05) is 0 Å². The van der Waals surface area contributed by atoms with Crippen LogP contribution in [0.25, 0.3) is 5.65 Å². The van der Waals surface area contributed by atoms with E-state index in [-0.39, 0.29) is 30.5 Å². The molecule has 10 heteroatoms. The molecule has 1 saturated heterocycles. The highest BCUT2D eigenvalue weighted by Gasteiger charge is 2.31. The molecule has 26 heavy (non-hydrogen) atoms. The van der Waals surface area contributed by atoms with Crippen LogP contribution in [0.15, 0.2) is 23.3 Å². The van der Waals surface area contributed by atoms with Crippen molar-refractivity contribution in [3.8, 4) is 0 Å². The molecule has 2 aromatic heterocycles. The summed E-state index contributed by atoms with van der Waals surface area (Å²) in [4.78, 5) is 6.42. The summed E-state index contributed by atoms with van der Waals surface area (Å²) in [5.41, 5.74) is -0.345. The van der Waals surface area contributed by atoms with E-state index in [2.05, 4.69) is 32.3 Å². The standard InChI is InChI=1S/C16H21F3N6.HI/c1-11-5-7-24(8-6-11)15(20-2)21-9-14-23-22-13-4-3-12(10-25(13)14)16(17,18)19;/h3-4,10-11H,5-9H2,1-2H3,(H,20,21);1H. The van der Waals surface area contributed by atoms with Gasteiger partial charge in [-0.05, 0) is 30.9 Å². The van der Waals surface area contributed by atoms with Crippen LogP contribution in [0.3, 0.4) is 0 Å². The van der Waals surface area contributed by atoms with Crippen LogP contribution in [0.2, 0.25) is 0 Å². The van der Waals surface area contributed by atoms with E-state index >= 15 is 0 Å². The van der Waals surface area contributed by atoms with Gasteiger partial charge < -0.3 is 10.2 Å². The fourth-order valence-corrected chi connectivity index (χ4v) is 2.94. The smallest absolute Gasteiger partial charge is 0.349 e. The van der Waals surface area contributed by atoms with Crippen molar-refractivity contribution in [3.63, 3.8) is 0 Å². The molecule has 0 spiro atoms. The third-order valence-corrected chi connectivity index (χ3v) is 4.50. The summed E-state index contributed by atoms with van der Waals surface area (Å²) < 4.78 is 40.1. The van der Waals surface area contributed by atoms with Crippen molar-refractivity contribution in [3.05, 3.63) is 29.7 Å². The number of alkyl halides is 3. The molecule has 0 amide bonds. The highest BCUT2D eigenvalue weighted by molar-refractivity contribution is 14.0.